The van der Waals surface area contributed by atoms with Gasteiger partial charge in [0.25, 0.3) is 11.8 Å². The van der Waals surface area contributed by atoms with Crippen molar-refractivity contribution in [1.29, 1.82) is 0 Å². The average molecular weight is 628 g/mol. The first-order chi connectivity index (χ1) is 21.0. The molecule has 3 N–H and O–H groups in total. The second kappa shape index (κ2) is 17.1. The number of carbonyl (C=O) groups excluding carboxylic acids is 2. The van der Waals surface area contributed by atoms with Crippen LogP contribution in [0.15, 0.2) is 65.6 Å². The van der Waals surface area contributed by atoms with Gasteiger partial charge in [-0.2, -0.15) is 0 Å². The van der Waals surface area contributed by atoms with Crippen LogP contribution >= 0.6 is 0 Å². The molecule has 2 amide bonds. The number of rotatable bonds is 16. The number of amides is 2. The molecule has 0 aliphatic heterocycles. The van der Waals surface area contributed by atoms with E-state index in [9.17, 15) is 27.7 Å². The van der Waals surface area contributed by atoms with E-state index in [2.05, 4.69) is 10.6 Å². The summed E-state index contributed by atoms with van der Waals surface area (Å²) in [5.74, 6) is -1.69. The second-order valence-corrected chi connectivity index (χ2v) is 12.7. The molecule has 0 saturated heterocycles. The van der Waals surface area contributed by atoms with E-state index in [1.807, 2.05) is 39.0 Å². The normalized spacial score (nSPS) is 13.2. The molecule has 3 rings (SSSR count). The summed E-state index contributed by atoms with van der Waals surface area (Å²) in [5.41, 5.74) is 2.52. The lowest BCUT2D eigenvalue weighted by molar-refractivity contribution is 0.0755. The molecule has 0 aromatic heterocycles. The first-order valence-electron chi connectivity index (χ1n) is 15.1. The fourth-order valence-corrected chi connectivity index (χ4v) is 5.91. The molecule has 0 spiro atoms. The van der Waals surface area contributed by atoms with Crippen molar-refractivity contribution in [1.82, 2.24) is 15.5 Å². The highest BCUT2D eigenvalue weighted by molar-refractivity contribution is 7.85. The summed E-state index contributed by atoms with van der Waals surface area (Å²) in [6.07, 6.45) is 0.451. The number of halogens is 2. The third kappa shape index (κ3) is 10.3. The van der Waals surface area contributed by atoms with E-state index in [1.54, 1.807) is 36.1 Å². The van der Waals surface area contributed by atoms with Crippen molar-refractivity contribution < 1.29 is 27.7 Å². The first-order valence-corrected chi connectivity index (χ1v) is 16.4. The van der Waals surface area contributed by atoms with Gasteiger partial charge in [-0.25, -0.2) is 8.78 Å². The van der Waals surface area contributed by atoms with Crippen LogP contribution in [0, 0.1) is 18.6 Å². The number of nitrogens with zero attached hydrogens (tertiary/aromatic N) is 1. The highest BCUT2D eigenvalue weighted by Crippen LogP contribution is 2.16. The minimum Gasteiger partial charge on any atom is -0.390 e. The van der Waals surface area contributed by atoms with E-state index < -0.39 is 40.5 Å². The Morgan fingerprint density at radius 1 is 0.909 bits per heavy atom. The summed E-state index contributed by atoms with van der Waals surface area (Å²) in [6, 6.07) is 14.5. The molecule has 3 aromatic carbocycles. The number of aliphatic hydroxyl groups is 1. The van der Waals surface area contributed by atoms with Crippen molar-refractivity contribution in [2.45, 2.75) is 70.5 Å². The number of nitrogens with one attached hydrogen (secondary N) is 2. The predicted molar refractivity (Wildman–Crippen MR) is 170 cm³/mol. The third-order valence-corrected chi connectivity index (χ3v) is 8.43. The molecule has 3 aromatic rings. The number of benzene rings is 3. The quantitative estimate of drug-likeness (QED) is 0.204. The Kier molecular flexibility index (Phi) is 13.6. The molecule has 0 bridgehead atoms. The molecule has 0 fully saturated rings. The number of hydrogen-bond donors (Lipinski definition) is 3. The lowest BCUT2D eigenvalue weighted by atomic mass is 9.99. The SMILES string of the molecule is CCCN(CCC)C(=O)c1cc(C)cc(C(=O)N[C@@H](Cc2cc(F)cc(F)c2)[C@H](O)CNCc2cccc(S(=O)CC)c2)c1. The van der Waals surface area contributed by atoms with Gasteiger partial charge < -0.3 is 20.6 Å². The van der Waals surface area contributed by atoms with Gasteiger partial charge in [0, 0.05) is 54.0 Å². The van der Waals surface area contributed by atoms with Crippen molar-refractivity contribution in [3.63, 3.8) is 0 Å². The van der Waals surface area contributed by atoms with Gasteiger partial charge >= 0.3 is 0 Å². The molecule has 7 nitrogen and oxygen atoms in total. The molecular formula is C34H43F2N3O4S. The van der Waals surface area contributed by atoms with Crippen LogP contribution in [0.1, 0.15) is 71.0 Å². The lowest BCUT2D eigenvalue weighted by Crippen LogP contribution is -2.48. The van der Waals surface area contributed by atoms with E-state index >= 15 is 0 Å². The summed E-state index contributed by atoms with van der Waals surface area (Å²) >= 11 is 0. The summed E-state index contributed by atoms with van der Waals surface area (Å²) in [7, 11) is -1.10. The largest absolute Gasteiger partial charge is 0.390 e. The highest BCUT2D eigenvalue weighted by Gasteiger charge is 2.24. The molecule has 0 saturated carbocycles. The molecule has 10 heteroatoms. The topological polar surface area (TPSA) is 98.7 Å². The molecule has 0 aliphatic carbocycles. The Morgan fingerprint density at radius 3 is 2.20 bits per heavy atom. The van der Waals surface area contributed by atoms with E-state index in [0.717, 1.165) is 30.0 Å². The maximum absolute atomic E-state index is 14.0. The minimum absolute atomic E-state index is 0.0351. The molecule has 1 unspecified atom stereocenters. The smallest absolute Gasteiger partial charge is 0.253 e. The van der Waals surface area contributed by atoms with Crippen LogP contribution in [0.4, 0.5) is 8.78 Å². The van der Waals surface area contributed by atoms with E-state index in [4.69, 9.17) is 0 Å². The number of aliphatic hydroxyl groups excluding tert-OH is 1. The summed E-state index contributed by atoms with van der Waals surface area (Å²) in [6.45, 7) is 9.29. The van der Waals surface area contributed by atoms with Crippen LogP contribution in [-0.2, 0) is 23.8 Å². The molecule has 0 aliphatic rings. The standard InChI is InChI=1S/C34H43F2N3O4S/c1-5-11-39(12-6-2)34(42)27-14-23(4)13-26(19-27)33(41)38-31(18-25-15-28(35)20-29(36)16-25)32(40)22-37-21-24-9-8-10-30(17-24)44(43)7-3/h8-10,13-17,19-20,31-32,37,40H,5-7,11-12,18,21-22H2,1-4H3,(H,38,41)/t31-,32+,44?/m0/s1. The number of hydrogen-bond acceptors (Lipinski definition) is 5. The fourth-order valence-electron chi connectivity index (χ4n) is 5.06. The average Bonchev–Trinajstić information content (AvgIpc) is 2.99. The maximum Gasteiger partial charge on any atom is 0.253 e. The number of aryl methyl sites for hydroxylation is 1. The van der Waals surface area contributed by atoms with E-state index in [0.29, 0.717) is 35.8 Å². The Balaban J connectivity index is 1.80. The van der Waals surface area contributed by atoms with Gasteiger partial charge in [0.2, 0.25) is 0 Å². The lowest BCUT2D eigenvalue weighted by Gasteiger charge is -2.25. The van der Waals surface area contributed by atoms with Crippen LogP contribution in [0.5, 0.6) is 0 Å². The van der Waals surface area contributed by atoms with Gasteiger partial charge in [0.05, 0.1) is 22.9 Å². The maximum atomic E-state index is 14.0. The molecular weight excluding hydrogens is 584 g/mol. The zero-order valence-electron chi connectivity index (χ0n) is 25.9. The van der Waals surface area contributed by atoms with Crippen molar-refractivity contribution in [3.05, 3.63) is 100 Å². The van der Waals surface area contributed by atoms with Crippen LogP contribution in [0.25, 0.3) is 0 Å². The van der Waals surface area contributed by atoms with E-state index in [1.165, 1.54) is 12.1 Å². The highest BCUT2D eigenvalue weighted by atomic mass is 32.2. The monoisotopic (exact) mass is 627 g/mol. The fraction of sp³-hybridized carbons (Fsp3) is 0.412. The van der Waals surface area contributed by atoms with Gasteiger partial charge in [-0.05, 0) is 85.3 Å². The van der Waals surface area contributed by atoms with Gasteiger partial charge in [0.15, 0.2) is 0 Å². The Labute approximate surface area is 261 Å². The Morgan fingerprint density at radius 2 is 1.57 bits per heavy atom. The zero-order chi connectivity index (χ0) is 32.2. The Bertz CT molecular complexity index is 1430. The minimum atomic E-state index is -1.13. The third-order valence-electron chi connectivity index (χ3n) is 7.13. The summed E-state index contributed by atoms with van der Waals surface area (Å²) in [4.78, 5) is 29.3. The first kappa shape index (κ1) is 35.0. The van der Waals surface area contributed by atoms with Crippen molar-refractivity contribution in [3.8, 4) is 0 Å². The van der Waals surface area contributed by atoms with Crippen molar-refractivity contribution in [2.75, 3.05) is 25.4 Å². The molecule has 3 atom stereocenters. The predicted octanol–water partition coefficient (Wildman–Crippen LogP) is 5.15. The molecule has 0 heterocycles. The second-order valence-electron chi connectivity index (χ2n) is 10.9. The summed E-state index contributed by atoms with van der Waals surface area (Å²) in [5, 5.41) is 17.2. The van der Waals surface area contributed by atoms with E-state index in [-0.39, 0.29) is 30.0 Å². The summed E-state index contributed by atoms with van der Waals surface area (Å²) < 4.78 is 40.2. The van der Waals surface area contributed by atoms with Crippen molar-refractivity contribution >= 4 is 22.6 Å². The van der Waals surface area contributed by atoms with Crippen molar-refractivity contribution in [2.24, 2.45) is 0 Å². The number of carbonyl (C=O) groups is 2. The van der Waals surface area contributed by atoms with Gasteiger partial charge in [-0.3, -0.25) is 13.8 Å². The van der Waals surface area contributed by atoms with Crippen LogP contribution < -0.4 is 10.6 Å². The molecule has 238 valence electrons. The van der Waals surface area contributed by atoms with Gasteiger partial charge in [0.1, 0.15) is 11.6 Å². The van der Waals surface area contributed by atoms with Gasteiger partial charge in [-0.15, -0.1) is 0 Å². The van der Waals surface area contributed by atoms with Crippen LogP contribution in [-0.4, -0.2) is 63.6 Å². The van der Waals surface area contributed by atoms with Gasteiger partial charge in [-0.1, -0.05) is 32.9 Å². The Hall–Kier alpha value is -3.47. The van der Waals surface area contributed by atoms with Crippen LogP contribution in [0.2, 0.25) is 0 Å². The molecule has 44 heavy (non-hydrogen) atoms. The molecule has 0 radical (unpaired) electrons. The van der Waals surface area contributed by atoms with Crippen LogP contribution in [0.3, 0.4) is 0 Å². The zero-order valence-corrected chi connectivity index (χ0v) is 26.7.